The van der Waals surface area contributed by atoms with Gasteiger partial charge in [-0.05, 0) is 55.8 Å². The standard InChI is InChI=1S/C17H23ClN2/c1-17(2)8-6-15(7-9-17)20(3)12-14-5-4-13(11-19)10-16(14)18/h4-5,10,15H,6-9,12H2,1-3H3. The molecule has 3 heteroatoms. The number of rotatable bonds is 3. The van der Waals surface area contributed by atoms with E-state index in [-0.39, 0.29) is 0 Å². The second-order valence-electron chi connectivity index (χ2n) is 6.73. The molecule has 0 bridgehead atoms. The first-order chi connectivity index (χ1) is 9.41. The van der Waals surface area contributed by atoms with Crippen LogP contribution in [0.4, 0.5) is 0 Å². The highest BCUT2D eigenvalue weighted by Crippen LogP contribution is 2.37. The first-order valence-corrected chi connectivity index (χ1v) is 7.68. The Hall–Kier alpha value is -1.04. The fourth-order valence-corrected chi connectivity index (χ4v) is 3.21. The summed E-state index contributed by atoms with van der Waals surface area (Å²) in [6, 6.07) is 8.35. The predicted octanol–water partition coefficient (Wildman–Crippen LogP) is 4.61. The number of halogens is 1. The summed E-state index contributed by atoms with van der Waals surface area (Å²) in [5.41, 5.74) is 2.24. The molecule has 1 aliphatic rings. The van der Waals surface area contributed by atoms with E-state index in [1.54, 1.807) is 6.07 Å². The summed E-state index contributed by atoms with van der Waals surface area (Å²) in [6.07, 6.45) is 5.11. The van der Waals surface area contributed by atoms with Gasteiger partial charge in [0.2, 0.25) is 0 Å². The fourth-order valence-electron chi connectivity index (χ4n) is 2.97. The van der Waals surface area contributed by atoms with Gasteiger partial charge in [0.25, 0.3) is 0 Å². The SMILES string of the molecule is CN(Cc1ccc(C#N)cc1Cl)C1CCC(C)(C)CC1. The van der Waals surface area contributed by atoms with Crippen molar-refractivity contribution in [1.29, 1.82) is 5.26 Å². The molecule has 1 aromatic rings. The van der Waals surface area contributed by atoms with Gasteiger partial charge in [0.15, 0.2) is 0 Å². The molecule has 1 aromatic carbocycles. The Morgan fingerprint density at radius 1 is 1.35 bits per heavy atom. The zero-order chi connectivity index (χ0) is 14.8. The molecule has 0 aliphatic heterocycles. The van der Waals surface area contributed by atoms with E-state index >= 15 is 0 Å². The second kappa shape index (κ2) is 6.16. The van der Waals surface area contributed by atoms with Crippen LogP contribution in [0.25, 0.3) is 0 Å². The van der Waals surface area contributed by atoms with Gasteiger partial charge < -0.3 is 0 Å². The van der Waals surface area contributed by atoms with Crippen LogP contribution in [0.5, 0.6) is 0 Å². The molecule has 0 aromatic heterocycles. The quantitative estimate of drug-likeness (QED) is 0.812. The Bertz CT molecular complexity index is 506. The van der Waals surface area contributed by atoms with Gasteiger partial charge in [-0.1, -0.05) is 31.5 Å². The topological polar surface area (TPSA) is 27.0 Å². The summed E-state index contributed by atoms with van der Waals surface area (Å²) in [5, 5.41) is 9.57. The molecule has 1 aliphatic carbocycles. The first-order valence-electron chi connectivity index (χ1n) is 7.30. The number of hydrogen-bond donors (Lipinski definition) is 0. The minimum atomic E-state index is 0.503. The van der Waals surface area contributed by atoms with E-state index in [1.165, 1.54) is 25.7 Å². The van der Waals surface area contributed by atoms with Crippen LogP contribution in [-0.4, -0.2) is 18.0 Å². The van der Waals surface area contributed by atoms with Crippen molar-refractivity contribution in [2.75, 3.05) is 7.05 Å². The Kier molecular flexibility index (Phi) is 4.73. The second-order valence-corrected chi connectivity index (χ2v) is 7.14. The summed E-state index contributed by atoms with van der Waals surface area (Å²) in [4.78, 5) is 2.41. The number of hydrogen-bond acceptors (Lipinski definition) is 2. The summed E-state index contributed by atoms with van der Waals surface area (Å²) < 4.78 is 0. The van der Waals surface area contributed by atoms with Gasteiger partial charge in [-0.15, -0.1) is 0 Å². The lowest BCUT2D eigenvalue weighted by Crippen LogP contribution is -2.36. The van der Waals surface area contributed by atoms with E-state index in [0.717, 1.165) is 12.1 Å². The van der Waals surface area contributed by atoms with E-state index in [1.807, 2.05) is 12.1 Å². The van der Waals surface area contributed by atoms with Crippen LogP contribution >= 0.6 is 11.6 Å². The molecule has 0 unspecified atom stereocenters. The summed E-state index contributed by atoms with van der Waals surface area (Å²) >= 11 is 6.26. The Labute approximate surface area is 127 Å². The number of nitriles is 1. The Balaban J connectivity index is 1.98. The van der Waals surface area contributed by atoms with E-state index in [0.29, 0.717) is 22.0 Å². The molecule has 1 saturated carbocycles. The molecular formula is C17H23ClN2. The van der Waals surface area contributed by atoms with Crippen molar-refractivity contribution in [3.05, 3.63) is 34.3 Å². The van der Waals surface area contributed by atoms with Crippen LogP contribution in [0, 0.1) is 16.7 Å². The maximum absolute atomic E-state index is 8.87. The number of nitrogens with zero attached hydrogens (tertiary/aromatic N) is 2. The fraction of sp³-hybridized carbons (Fsp3) is 0.588. The molecular weight excluding hydrogens is 268 g/mol. The number of benzene rings is 1. The van der Waals surface area contributed by atoms with E-state index in [9.17, 15) is 0 Å². The van der Waals surface area contributed by atoms with Gasteiger partial charge in [0.05, 0.1) is 11.6 Å². The summed E-state index contributed by atoms with van der Waals surface area (Å²) in [7, 11) is 2.18. The zero-order valence-corrected chi connectivity index (χ0v) is 13.4. The third-order valence-electron chi connectivity index (χ3n) is 4.53. The molecule has 0 heterocycles. The van der Waals surface area contributed by atoms with Crippen molar-refractivity contribution in [3.63, 3.8) is 0 Å². The molecule has 0 N–H and O–H groups in total. The molecule has 0 saturated heterocycles. The van der Waals surface area contributed by atoms with Gasteiger partial charge in [-0.25, -0.2) is 0 Å². The van der Waals surface area contributed by atoms with Crippen LogP contribution in [0.3, 0.4) is 0 Å². The van der Waals surface area contributed by atoms with Crippen LogP contribution in [0.15, 0.2) is 18.2 Å². The lowest BCUT2D eigenvalue weighted by atomic mass is 9.75. The van der Waals surface area contributed by atoms with Gasteiger partial charge in [0, 0.05) is 17.6 Å². The lowest BCUT2D eigenvalue weighted by molar-refractivity contribution is 0.123. The highest BCUT2D eigenvalue weighted by atomic mass is 35.5. The van der Waals surface area contributed by atoms with Gasteiger partial charge in [-0.2, -0.15) is 5.26 Å². The van der Waals surface area contributed by atoms with E-state index in [4.69, 9.17) is 16.9 Å². The average Bonchev–Trinajstić information content (AvgIpc) is 2.40. The average molecular weight is 291 g/mol. The minimum Gasteiger partial charge on any atom is -0.299 e. The smallest absolute Gasteiger partial charge is 0.0992 e. The van der Waals surface area contributed by atoms with Crippen LogP contribution in [-0.2, 0) is 6.54 Å². The van der Waals surface area contributed by atoms with Crippen molar-refractivity contribution in [1.82, 2.24) is 4.90 Å². The highest BCUT2D eigenvalue weighted by molar-refractivity contribution is 6.31. The molecule has 2 nitrogen and oxygen atoms in total. The monoisotopic (exact) mass is 290 g/mol. The normalized spacial score (nSPS) is 19.0. The van der Waals surface area contributed by atoms with Gasteiger partial charge >= 0.3 is 0 Å². The lowest BCUT2D eigenvalue weighted by Gasteiger charge is -2.38. The molecule has 0 radical (unpaired) electrons. The third-order valence-corrected chi connectivity index (χ3v) is 4.89. The van der Waals surface area contributed by atoms with Crippen LogP contribution in [0.2, 0.25) is 5.02 Å². The first kappa shape index (κ1) is 15.4. The molecule has 0 spiro atoms. The van der Waals surface area contributed by atoms with Crippen molar-refractivity contribution in [3.8, 4) is 6.07 Å². The minimum absolute atomic E-state index is 0.503. The van der Waals surface area contributed by atoms with Crippen molar-refractivity contribution >= 4 is 11.6 Å². The largest absolute Gasteiger partial charge is 0.299 e. The maximum atomic E-state index is 8.87. The van der Waals surface area contributed by atoms with Crippen molar-refractivity contribution in [2.45, 2.75) is 52.1 Å². The van der Waals surface area contributed by atoms with Gasteiger partial charge in [-0.3, -0.25) is 4.90 Å². The Morgan fingerprint density at radius 2 is 2.00 bits per heavy atom. The predicted molar refractivity (Wildman–Crippen MR) is 83.7 cm³/mol. The highest BCUT2D eigenvalue weighted by Gasteiger charge is 2.28. The molecule has 20 heavy (non-hydrogen) atoms. The van der Waals surface area contributed by atoms with E-state index < -0.39 is 0 Å². The van der Waals surface area contributed by atoms with Crippen LogP contribution < -0.4 is 0 Å². The van der Waals surface area contributed by atoms with Crippen molar-refractivity contribution < 1.29 is 0 Å². The summed E-state index contributed by atoms with van der Waals surface area (Å²) in [5.74, 6) is 0. The molecule has 1 fully saturated rings. The third kappa shape index (κ3) is 3.75. The van der Waals surface area contributed by atoms with Crippen LogP contribution in [0.1, 0.15) is 50.7 Å². The molecule has 2 rings (SSSR count). The van der Waals surface area contributed by atoms with Gasteiger partial charge in [0.1, 0.15) is 0 Å². The molecule has 0 amide bonds. The zero-order valence-electron chi connectivity index (χ0n) is 12.6. The maximum Gasteiger partial charge on any atom is 0.0992 e. The molecule has 108 valence electrons. The molecule has 0 atom stereocenters. The van der Waals surface area contributed by atoms with Crippen molar-refractivity contribution in [2.24, 2.45) is 5.41 Å². The summed E-state index contributed by atoms with van der Waals surface area (Å²) in [6.45, 7) is 5.58. The Morgan fingerprint density at radius 3 is 2.55 bits per heavy atom. The van der Waals surface area contributed by atoms with E-state index in [2.05, 4.69) is 31.9 Å².